The van der Waals surface area contributed by atoms with Gasteiger partial charge in [-0.25, -0.2) is 4.39 Å². The predicted octanol–water partition coefficient (Wildman–Crippen LogP) is 4.71. The van der Waals surface area contributed by atoms with E-state index in [1.165, 1.54) is 6.07 Å². The Morgan fingerprint density at radius 1 is 1.14 bits per heavy atom. The average Bonchev–Trinajstić information content (AvgIpc) is 3.23. The van der Waals surface area contributed by atoms with Crippen LogP contribution in [0.2, 0.25) is 5.02 Å². The predicted molar refractivity (Wildman–Crippen MR) is 113 cm³/mol. The van der Waals surface area contributed by atoms with E-state index in [0.29, 0.717) is 36.6 Å². The topological polar surface area (TPSA) is 48.0 Å². The van der Waals surface area contributed by atoms with E-state index in [2.05, 4.69) is 0 Å². The van der Waals surface area contributed by atoms with E-state index in [1.807, 2.05) is 11.0 Å². The van der Waals surface area contributed by atoms with Crippen LogP contribution in [0.1, 0.15) is 22.9 Å². The van der Waals surface area contributed by atoms with Gasteiger partial charge in [-0.1, -0.05) is 17.7 Å². The average molecular weight is 440 g/mol. The van der Waals surface area contributed by atoms with Gasteiger partial charge in [0, 0.05) is 30.3 Å². The molecule has 1 atom stereocenters. The van der Waals surface area contributed by atoms with E-state index in [9.17, 15) is 9.18 Å². The minimum atomic E-state index is -0.460. The molecule has 29 heavy (non-hydrogen) atoms. The zero-order valence-corrected chi connectivity index (χ0v) is 18.1. The van der Waals surface area contributed by atoms with E-state index in [-0.39, 0.29) is 16.3 Å². The number of ether oxygens (including phenoxy) is 3. The zero-order valence-electron chi connectivity index (χ0n) is 16.5. The van der Waals surface area contributed by atoms with Crippen molar-refractivity contribution in [3.05, 3.63) is 52.3 Å². The van der Waals surface area contributed by atoms with Crippen molar-refractivity contribution < 1.29 is 23.4 Å². The van der Waals surface area contributed by atoms with Crippen LogP contribution in [0.25, 0.3) is 0 Å². The Morgan fingerprint density at radius 2 is 1.83 bits per heavy atom. The molecule has 0 aromatic heterocycles. The van der Waals surface area contributed by atoms with Crippen LogP contribution in [0.4, 0.5) is 4.39 Å². The van der Waals surface area contributed by atoms with Crippen LogP contribution in [0.15, 0.2) is 30.3 Å². The molecule has 1 amide bonds. The number of nitrogens with zero attached hydrogens (tertiary/aromatic N) is 1. The van der Waals surface area contributed by atoms with Crippen molar-refractivity contribution in [1.82, 2.24) is 4.90 Å². The second kappa shape index (κ2) is 9.59. The highest BCUT2D eigenvalue weighted by Crippen LogP contribution is 2.46. The Labute approximate surface area is 179 Å². The lowest BCUT2D eigenvalue weighted by Gasteiger charge is -2.26. The summed E-state index contributed by atoms with van der Waals surface area (Å²) < 4.78 is 29.6. The largest absolute Gasteiger partial charge is 0.496 e. The number of hydrogen-bond acceptors (Lipinski definition) is 5. The van der Waals surface area contributed by atoms with E-state index in [0.717, 1.165) is 16.9 Å². The zero-order chi connectivity index (χ0) is 21.0. The fourth-order valence-corrected chi connectivity index (χ4v) is 4.81. The third-order valence-corrected chi connectivity index (χ3v) is 6.36. The second-order valence-corrected chi connectivity index (χ2v) is 8.10. The molecule has 1 saturated heterocycles. The Balaban J connectivity index is 1.78. The molecule has 2 aromatic rings. The molecule has 1 unspecified atom stereocenters. The smallest absolute Gasteiger partial charge is 0.224 e. The molecule has 3 rings (SSSR count). The third kappa shape index (κ3) is 4.73. The summed E-state index contributed by atoms with van der Waals surface area (Å²) in [5, 5.41) is -0.103. The van der Waals surface area contributed by atoms with Gasteiger partial charge in [0.15, 0.2) is 11.5 Å². The van der Waals surface area contributed by atoms with Crippen molar-refractivity contribution >= 4 is 29.3 Å². The Kier molecular flexibility index (Phi) is 7.14. The van der Waals surface area contributed by atoms with Crippen LogP contribution >= 0.6 is 23.4 Å². The molecule has 0 N–H and O–H groups in total. The minimum Gasteiger partial charge on any atom is -0.496 e. The SMILES string of the molecule is COc1cc(OC)c(C2SCCN2C(=O)CCc2ccc(F)c(Cl)c2)cc1OC. The summed E-state index contributed by atoms with van der Waals surface area (Å²) in [6.45, 7) is 0.649. The number of thioether (sulfide) groups is 1. The van der Waals surface area contributed by atoms with Crippen LogP contribution in [0, 0.1) is 5.82 Å². The highest BCUT2D eigenvalue weighted by molar-refractivity contribution is 7.99. The van der Waals surface area contributed by atoms with Crippen molar-refractivity contribution in [1.29, 1.82) is 0 Å². The molecule has 1 aliphatic rings. The molecule has 1 fully saturated rings. The maximum Gasteiger partial charge on any atom is 0.224 e. The molecule has 0 aliphatic carbocycles. The Morgan fingerprint density at radius 3 is 2.48 bits per heavy atom. The fraction of sp³-hybridized carbons (Fsp3) is 0.381. The number of halogens is 2. The first kappa shape index (κ1) is 21.6. The minimum absolute atomic E-state index is 0.0253. The van der Waals surface area contributed by atoms with E-state index >= 15 is 0 Å². The molecular weight excluding hydrogens is 417 g/mol. The monoisotopic (exact) mass is 439 g/mol. The van der Waals surface area contributed by atoms with Gasteiger partial charge in [0.25, 0.3) is 0 Å². The van der Waals surface area contributed by atoms with Gasteiger partial charge in [0.1, 0.15) is 16.9 Å². The second-order valence-electron chi connectivity index (χ2n) is 6.51. The first-order valence-electron chi connectivity index (χ1n) is 9.13. The van der Waals surface area contributed by atoms with Crippen LogP contribution in [-0.4, -0.2) is 44.4 Å². The van der Waals surface area contributed by atoms with Crippen molar-refractivity contribution in [2.24, 2.45) is 0 Å². The van der Waals surface area contributed by atoms with Crippen LogP contribution in [-0.2, 0) is 11.2 Å². The lowest BCUT2D eigenvalue weighted by Crippen LogP contribution is -2.30. The van der Waals surface area contributed by atoms with Gasteiger partial charge in [-0.15, -0.1) is 11.8 Å². The Hall–Kier alpha value is -2.12. The number of rotatable bonds is 7. The quantitative estimate of drug-likeness (QED) is 0.625. The molecule has 8 heteroatoms. The lowest BCUT2D eigenvalue weighted by molar-refractivity contribution is -0.131. The normalized spacial score (nSPS) is 16.0. The number of benzene rings is 2. The lowest BCUT2D eigenvalue weighted by atomic mass is 10.1. The van der Waals surface area contributed by atoms with Crippen LogP contribution in [0.3, 0.4) is 0 Å². The molecule has 0 saturated carbocycles. The van der Waals surface area contributed by atoms with E-state index < -0.39 is 5.82 Å². The number of hydrogen-bond donors (Lipinski definition) is 0. The summed E-state index contributed by atoms with van der Waals surface area (Å²) in [6.07, 6.45) is 0.810. The highest BCUT2D eigenvalue weighted by atomic mass is 35.5. The van der Waals surface area contributed by atoms with E-state index in [1.54, 1.807) is 51.3 Å². The van der Waals surface area contributed by atoms with Crippen LogP contribution in [0.5, 0.6) is 17.2 Å². The molecule has 5 nitrogen and oxygen atoms in total. The van der Waals surface area contributed by atoms with Crippen molar-refractivity contribution in [3.63, 3.8) is 0 Å². The summed E-state index contributed by atoms with van der Waals surface area (Å²) >= 11 is 7.51. The van der Waals surface area contributed by atoms with Gasteiger partial charge < -0.3 is 19.1 Å². The number of aryl methyl sites for hydroxylation is 1. The van der Waals surface area contributed by atoms with E-state index in [4.69, 9.17) is 25.8 Å². The summed E-state index contributed by atoms with van der Waals surface area (Å²) in [7, 11) is 4.74. The third-order valence-electron chi connectivity index (χ3n) is 4.82. The fourth-order valence-electron chi connectivity index (χ4n) is 3.32. The van der Waals surface area contributed by atoms with Crippen molar-refractivity contribution in [2.45, 2.75) is 18.2 Å². The summed E-state index contributed by atoms with van der Waals surface area (Å²) in [5.41, 5.74) is 1.70. The maximum atomic E-state index is 13.3. The molecule has 0 bridgehead atoms. The standard InChI is InChI=1S/C21H23ClFNO4S/c1-26-17-12-19(28-3)18(27-2)11-14(17)21-24(8-9-29-21)20(25)7-5-13-4-6-16(23)15(22)10-13/h4,6,10-12,21H,5,7-9H2,1-3H3. The first-order chi connectivity index (χ1) is 14.0. The number of amides is 1. The van der Waals surface area contributed by atoms with Gasteiger partial charge in [-0.3, -0.25) is 4.79 Å². The maximum absolute atomic E-state index is 13.3. The first-order valence-corrected chi connectivity index (χ1v) is 10.6. The molecule has 1 aliphatic heterocycles. The van der Waals surface area contributed by atoms with Crippen molar-refractivity contribution in [3.8, 4) is 17.2 Å². The van der Waals surface area contributed by atoms with Gasteiger partial charge in [0.2, 0.25) is 5.91 Å². The highest BCUT2D eigenvalue weighted by Gasteiger charge is 2.33. The van der Waals surface area contributed by atoms with Gasteiger partial charge in [-0.05, 0) is 30.2 Å². The van der Waals surface area contributed by atoms with Gasteiger partial charge in [0.05, 0.1) is 26.4 Å². The summed E-state index contributed by atoms with van der Waals surface area (Å²) in [6, 6.07) is 8.18. The number of carbonyl (C=O) groups excluding carboxylic acids is 1. The summed E-state index contributed by atoms with van der Waals surface area (Å²) in [5.74, 6) is 2.20. The van der Waals surface area contributed by atoms with Crippen molar-refractivity contribution in [2.75, 3.05) is 33.6 Å². The Bertz CT molecular complexity index is 895. The molecule has 0 spiro atoms. The molecule has 1 heterocycles. The molecular formula is C21H23ClFNO4S. The molecule has 2 aromatic carbocycles. The molecule has 0 radical (unpaired) electrons. The van der Waals surface area contributed by atoms with Gasteiger partial charge >= 0.3 is 0 Å². The molecule has 156 valence electrons. The summed E-state index contributed by atoms with van der Waals surface area (Å²) in [4.78, 5) is 14.8. The van der Waals surface area contributed by atoms with Crippen LogP contribution < -0.4 is 14.2 Å². The van der Waals surface area contributed by atoms with Gasteiger partial charge in [-0.2, -0.15) is 0 Å². The number of methoxy groups -OCH3 is 3. The number of carbonyl (C=O) groups is 1.